The van der Waals surface area contributed by atoms with Crippen LogP contribution < -0.4 is 15.9 Å². The number of carboxylic acid groups (broad SMARTS) is 1. The highest BCUT2D eigenvalue weighted by Gasteiger charge is 2.33. The van der Waals surface area contributed by atoms with Crippen LogP contribution in [0, 0.1) is 0 Å². The monoisotopic (exact) mass is 421 g/mol. The summed E-state index contributed by atoms with van der Waals surface area (Å²) in [6.07, 6.45) is -0.779. The summed E-state index contributed by atoms with van der Waals surface area (Å²) < 4.78 is 5.39. The Morgan fingerprint density at radius 1 is 0.767 bits per heavy atom. The van der Waals surface area contributed by atoms with Crippen LogP contribution in [0.4, 0.5) is 4.79 Å². The normalized spacial score (nSPS) is 11.8. The number of rotatable bonds is 8. The minimum atomic E-state index is -2.27. The van der Waals surface area contributed by atoms with Crippen LogP contribution in [0.15, 0.2) is 95.7 Å². The lowest BCUT2D eigenvalue weighted by Crippen LogP contribution is -2.53. The maximum atomic E-state index is 12.0. The van der Waals surface area contributed by atoms with Crippen LogP contribution in [0.3, 0.4) is 0 Å². The number of hydrogen-bond acceptors (Lipinski definition) is 2. The first-order valence-corrected chi connectivity index (χ1v) is 12.2. The Morgan fingerprint density at radius 3 is 1.43 bits per heavy atom. The molecule has 30 heavy (non-hydrogen) atoms. The number of nitrogens with zero attached hydrogens (tertiary/aromatic N) is 2. The van der Waals surface area contributed by atoms with Crippen LogP contribution in [0.2, 0.25) is 0 Å². The molecule has 1 N–H and O–H groups in total. The zero-order valence-electron chi connectivity index (χ0n) is 17.7. The zero-order valence-corrected chi connectivity index (χ0v) is 18.6. The largest absolute Gasteiger partial charge is 0.513 e. The second-order valence-corrected chi connectivity index (χ2v) is 10.4. The van der Waals surface area contributed by atoms with Gasteiger partial charge in [0.05, 0.1) is 26.7 Å². The summed E-state index contributed by atoms with van der Waals surface area (Å²) in [4.78, 5) is 12.0. The van der Waals surface area contributed by atoms with Crippen LogP contribution in [-0.4, -0.2) is 41.9 Å². The van der Waals surface area contributed by atoms with Gasteiger partial charge in [-0.05, 0) is 13.8 Å². The molecule has 0 unspecified atom stereocenters. The van der Waals surface area contributed by atoms with E-state index in [4.69, 9.17) is 4.74 Å². The third kappa shape index (κ3) is 4.26. The first-order valence-electron chi connectivity index (χ1n) is 10.4. The summed E-state index contributed by atoms with van der Waals surface area (Å²) in [5, 5.41) is 13.4. The van der Waals surface area contributed by atoms with E-state index in [2.05, 4.69) is 72.8 Å². The van der Waals surface area contributed by atoms with E-state index in [1.54, 1.807) is 0 Å². The Labute approximate surface area is 179 Å². The molecule has 3 aromatic carbocycles. The second kappa shape index (κ2) is 9.88. The first kappa shape index (κ1) is 22.0. The van der Waals surface area contributed by atoms with Crippen molar-refractivity contribution in [2.45, 2.75) is 13.8 Å². The van der Waals surface area contributed by atoms with Crippen molar-refractivity contribution >= 4 is 29.1 Å². The predicted molar refractivity (Wildman–Crippen MR) is 127 cm³/mol. The molecule has 0 saturated heterocycles. The fourth-order valence-electron chi connectivity index (χ4n) is 3.92. The Kier molecular flexibility index (Phi) is 7.25. The van der Waals surface area contributed by atoms with Gasteiger partial charge >= 0.3 is 6.09 Å². The number of quaternary nitrogens is 1. The molecule has 3 aromatic rings. The summed E-state index contributed by atoms with van der Waals surface area (Å²) in [6, 6.07) is 31.3. The molecule has 0 aromatic heterocycles. The van der Waals surface area contributed by atoms with E-state index in [1.165, 1.54) is 15.9 Å². The van der Waals surface area contributed by atoms with Crippen molar-refractivity contribution in [1.29, 1.82) is 0 Å². The molecule has 0 spiro atoms. The van der Waals surface area contributed by atoms with Gasteiger partial charge in [0.15, 0.2) is 0 Å². The third-order valence-corrected chi connectivity index (χ3v) is 9.61. The summed E-state index contributed by atoms with van der Waals surface area (Å²) in [6.45, 7) is 5.94. The number of carbonyl (C=O) groups is 1. The van der Waals surface area contributed by atoms with Gasteiger partial charge in [0.25, 0.3) is 0 Å². The molecular weight excluding hydrogens is 391 g/mol. The van der Waals surface area contributed by atoms with Crippen LogP contribution >= 0.6 is 7.05 Å². The van der Waals surface area contributed by atoms with Gasteiger partial charge in [-0.25, -0.2) is 4.48 Å². The van der Waals surface area contributed by atoms with E-state index < -0.39 is 13.1 Å². The molecule has 0 fully saturated rings. The van der Waals surface area contributed by atoms with Crippen LogP contribution in [0.1, 0.15) is 13.8 Å². The molecule has 0 radical (unpaired) electrons. The summed E-state index contributed by atoms with van der Waals surface area (Å²) in [7, 11) is -2.27. The average Bonchev–Trinajstić information content (AvgIpc) is 2.81. The lowest BCUT2D eigenvalue weighted by Gasteiger charge is -2.31. The SMILES string of the molecule is CC[N+](CC)(CCN=P(c1ccccc1)(c1ccccc1)c1ccccc1)C(=O)O. The highest BCUT2D eigenvalue weighted by Crippen LogP contribution is 2.46. The lowest BCUT2D eigenvalue weighted by atomic mass is 10.3. The average molecular weight is 422 g/mol. The third-order valence-electron chi connectivity index (χ3n) is 5.85. The number of likely N-dealkylation sites (N-methyl/N-ethyl adjacent to an activating group) is 1. The Bertz CT molecular complexity index is 898. The molecule has 1 amide bonds. The van der Waals surface area contributed by atoms with Crippen LogP contribution in [0.25, 0.3) is 0 Å². The molecule has 156 valence electrons. The Hall–Kier alpha value is -2.68. The van der Waals surface area contributed by atoms with E-state index in [-0.39, 0.29) is 4.48 Å². The Morgan fingerprint density at radius 2 is 1.13 bits per heavy atom. The topological polar surface area (TPSA) is 49.7 Å². The van der Waals surface area contributed by atoms with Crippen molar-refractivity contribution < 1.29 is 14.4 Å². The van der Waals surface area contributed by atoms with Gasteiger partial charge in [-0.2, -0.15) is 4.79 Å². The van der Waals surface area contributed by atoms with Crippen molar-refractivity contribution in [3.05, 3.63) is 91.0 Å². The van der Waals surface area contributed by atoms with Crippen molar-refractivity contribution in [1.82, 2.24) is 0 Å². The van der Waals surface area contributed by atoms with E-state index in [9.17, 15) is 9.90 Å². The van der Waals surface area contributed by atoms with Gasteiger partial charge in [0, 0.05) is 15.9 Å². The predicted octanol–water partition coefficient (Wildman–Crippen LogP) is 4.70. The van der Waals surface area contributed by atoms with Crippen molar-refractivity contribution in [3.63, 3.8) is 0 Å². The summed E-state index contributed by atoms with van der Waals surface area (Å²) in [5.41, 5.74) is 0. The molecule has 0 aliphatic carbocycles. The molecule has 0 aliphatic rings. The maximum Gasteiger partial charge on any atom is 0.513 e. The molecule has 3 rings (SSSR count). The van der Waals surface area contributed by atoms with Gasteiger partial charge in [0.1, 0.15) is 6.54 Å². The zero-order chi connectivity index (χ0) is 21.5. The lowest BCUT2D eigenvalue weighted by molar-refractivity contribution is -0.852. The maximum absolute atomic E-state index is 12.0. The molecule has 0 aliphatic heterocycles. The highest BCUT2D eigenvalue weighted by atomic mass is 31.2. The standard InChI is InChI=1S/C25H29N2O2P/c1-3-27(4-2,25(28)29)21-20-26-30(22-14-8-5-9-15-22,23-16-10-6-11-17-23)24-18-12-7-13-19-24/h5-19H,3-4,20-21H2,1-2H3/p+1. The second-order valence-electron chi connectivity index (χ2n) is 7.29. The van der Waals surface area contributed by atoms with Gasteiger partial charge < -0.3 is 5.11 Å². The quantitative estimate of drug-likeness (QED) is 0.423. The van der Waals surface area contributed by atoms with E-state index in [0.29, 0.717) is 26.2 Å². The summed E-state index contributed by atoms with van der Waals surface area (Å²) in [5.74, 6) is 0. The molecule has 0 bridgehead atoms. The highest BCUT2D eigenvalue weighted by molar-refractivity contribution is 7.87. The number of amides is 1. The van der Waals surface area contributed by atoms with Crippen molar-refractivity contribution in [2.24, 2.45) is 4.74 Å². The molecule has 0 atom stereocenters. The molecule has 5 heteroatoms. The molecular formula is C25H30N2O2P+. The van der Waals surface area contributed by atoms with Crippen molar-refractivity contribution in [3.8, 4) is 0 Å². The minimum Gasteiger partial charge on any atom is -0.435 e. The molecule has 0 saturated carbocycles. The van der Waals surface area contributed by atoms with Gasteiger partial charge in [-0.1, -0.05) is 91.0 Å². The van der Waals surface area contributed by atoms with Gasteiger partial charge in [-0.3, -0.25) is 4.74 Å². The van der Waals surface area contributed by atoms with E-state index in [1.807, 2.05) is 32.0 Å². The minimum absolute atomic E-state index is 0.0296. The smallest absolute Gasteiger partial charge is 0.435 e. The van der Waals surface area contributed by atoms with Crippen LogP contribution in [0.5, 0.6) is 0 Å². The Balaban J connectivity index is 2.21. The van der Waals surface area contributed by atoms with E-state index in [0.717, 1.165) is 0 Å². The van der Waals surface area contributed by atoms with Gasteiger partial charge in [-0.15, -0.1) is 0 Å². The first-order chi connectivity index (χ1) is 14.6. The fraction of sp³-hybridized carbons (Fsp3) is 0.240. The number of hydrogen-bond donors (Lipinski definition) is 1. The van der Waals surface area contributed by atoms with Gasteiger partial charge in [0.2, 0.25) is 0 Å². The fourth-order valence-corrected chi connectivity index (χ4v) is 7.50. The molecule has 4 nitrogen and oxygen atoms in total. The molecule has 0 heterocycles. The number of benzene rings is 3. The van der Waals surface area contributed by atoms with Crippen LogP contribution in [-0.2, 0) is 0 Å². The van der Waals surface area contributed by atoms with Crippen molar-refractivity contribution in [2.75, 3.05) is 26.2 Å². The van der Waals surface area contributed by atoms with E-state index >= 15 is 0 Å². The summed E-state index contributed by atoms with van der Waals surface area (Å²) >= 11 is 0.